The van der Waals surface area contributed by atoms with Crippen LogP contribution in [0.1, 0.15) is 97.8 Å². The number of aliphatic hydroxyl groups excluding tert-OH is 1. The van der Waals surface area contributed by atoms with Crippen molar-refractivity contribution >= 4 is 0 Å². The minimum atomic E-state index is -0.168. The first-order valence-electron chi connectivity index (χ1n) is 11.7. The smallest absolute Gasteiger partial charge is 0.0583 e. The highest BCUT2D eigenvalue weighted by atomic mass is 16.3. The van der Waals surface area contributed by atoms with Crippen LogP contribution in [0, 0.1) is 23.2 Å². The first-order chi connectivity index (χ1) is 12.9. The summed E-state index contributed by atoms with van der Waals surface area (Å²) in [6, 6.07) is 0. The third-order valence-corrected chi connectivity index (χ3v) is 7.93. The SMILES string of the molecule is C=C1CC[C@H](O)C/C1=C/C=C1\CCC[C@@]2(C)C1CC[C@@H]2CCCCC(C)C. The van der Waals surface area contributed by atoms with Gasteiger partial charge in [0.2, 0.25) is 0 Å². The van der Waals surface area contributed by atoms with Crippen LogP contribution in [0.2, 0.25) is 0 Å². The third kappa shape index (κ3) is 4.97. The van der Waals surface area contributed by atoms with Gasteiger partial charge in [-0.25, -0.2) is 0 Å². The summed E-state index contributed by atoms with van der Waals surface area (Å²) in [4.78, 5) is 0. The zero-order chi connectivity index (χ0) is 19.4. The molecule has 3 fully saturated rings. The molecule has 0 amide bonds. The lowest BCUT2D eigenvalue weighted by Crippen LogP contribution is -2.33. The van der Waals surface area contributed by atoms with E-state index in [1.54, 1.807) is 5.57 Å². The number of allylic oxidation sites excluding steroid dienone is 4. The van der Waals surface area contributed by atoms with Crippen LogP contribution in [0.5, 0.6) is 0 Å². The van der Waals surface area contributed by atoms with Crippen LogP contribution in [-0.4, -0.2) is 11.2 Å². The van der Waals surface area contributed by atoms with Crippen molar-refractivity contribution in [1.29, 1.82) is 0 Å². The zero-order valence-corrected chi connectivity index (χ0v) is 18.1. The predicted octanol–water partition coefficient (Wildman–Crippen LogP) is 7.37. The molecule has 3 saturated carbocycles. The minimum Gasteiger partial charge on any atom is -0.393 e. The highest BCUT2D eigenvalue weighted by Crippen LogP contribution is 2.58. The molecule has 0 bridgehead atoms. The molecule has 0 spiro atoms. The van der Waals surface area contributed by atoms with Gasteiger partial charge >= 0.3 is 0 Å². The first kappa shape index (κ1) is 20.9. The standard InChI is InChI=1S/C26H42O/c1-19(2)8-5-6-10-23-14-16-25-21(9-7-17-26(23,25)4)12-13-22-18-24(27)15-11-20(22)3/h12-13,19,23-25,27H,3,5-11,14-18H2,1-2,4H3/b21-12+,22-13-/t23-,24-,25?,26+/m0/s1. The van der Waals surface area contributed by atoms with Crippen LogP contribution >= 0.6 is 0 Å². The van der Waals surface area contributed by atoms with Gasteiger partial charge in [0.1, 0.15) is 0 Å². The van der Waals surface area contributed by atoms with Crippen LogP contribution in [0.4, 0.5) is 0 Å². The van der Waals surface area contributed by atoms with Gasteiger partial charge in [-0.15, -0.1) is 0 Å². The summed E-state index contributed by atoms with van der Waals surface area (Å²) in [5, 5.41) is 9.99. The Morgan fingerprint density at radius 2 is 1.96 bits per heavy atom. The molecule has 3 aliphatic rings. The van der Waals surface area contributed by atoms with Gasteiger partial charge < -0.3 is 5.11 Å². The molecule has 0 heterocycles. The van der Waals surface area contributed by atoms with E-state index in [2.05, 4.69) is 39.5 Å². The van der Waals surface area contributed by atoms with E-state index in [1.807, 2.05) is 0 Å². The Bertz CT molecular complexity index is 581. The molecule has 1 N–H and O–H groups in total. The normalized spacial score (nSPS) is 37.4. The summed E-state index contributed by atoms with van der Waals surface area (Å²) in [5.74, 6) is 2.57. The second-order valence-electron chi connectivity index (χ2n) is 10.3. The average Bonchev–Trinajstić information content (AvgIpc) is 2.96. The third-order valence-electron chi connectivity index (χ3n) is 7.93. The van der Waals surface area contributed by atoms with Crippen LogP contribution in [0.15, 0.2) is 35.5 Å². The van der Waals surface area contributed by atoms with E-state index in [9.17, 15) is 5.11 Å². The largest absolute Gasteiger partial charge is 0.393 e. The number of aliphatic hydroxyl groups is 1. The maximum atomic E-state index is 9.99. The Kier molecular flexibility index (Phi) is 7.06. The molecule has 0 aliphatic heterocycles. The monoisotopic (exact) mass is 370 g/mol. The van der Waals surface area contributed by atoms with E-state index in [4.69, 9.17) is 0 Å². The average molecular weight is 371 g/mol. The Hall–Kier alpha value is -0.820. The van der Waals surface area contributed by atoms with Crippen molar-refractivity contribution in [3.8, 4) is 0 Å². The summed E-state index contributed by atoms with van der Waals surface area (Å²) < 4.78 is 0. The summed E-state index contributed by atoms with van der Waals surface area (Å²) >= 11 is 0. The van der Waals surface area contributed by atoms with Crippen LogP contribution in [0.25, 0.3) is 0 Å². The maximum absolute atomic E-state index is 9.99. The summed E-state index contributed by atoms with van der Waals surface area (Å²) in [6.07, 6.45) is 19.7. The highest BCUT2D eigenvalue weighted by Gasteiger charge is 2.48. The van der Waals surface area contributed by atoms with Crippen molar-refractivity contribution < 1.29 is 5.11 Å². The molecular weight excluding hydrogens is 328 g/mol. The maximum Gasteiger partial charge on any atom is 0.0583 e. The molecule has 0 aromatic rings. The lowest BCUT2D eigenvalue weighted by Gasteiger charge is -2.42. The van der Waals surface area contributed by atoms with Gasteiger partial charge in [-0.05, 0) is 86.5 Å². The zero-order valence-electron chi connectivity index (χ0n) is 18.1. The topological polar surface area (TPSA) is 20.2 Å². The van der Waals surface area contributed by atoms with Crippen molar-refractivity contribution in [2.75, 3.05) is 0 Å². The highest BCUT2D eigenvalue weighted by molar-refractivity contribution is 5.36. The number of rotatable bonds is 6. The fourth-order valence-corrected chi connectivity index (χ4v) is 6.16. The van der Waals surface area contributed by atoms with Gasteiger partial charge in [-0.1, -0.05) is 69.9 Å². The lowest BCUT2D eigenvalue weighted by atomic mass is 9.62. The minimum absolute atomic E-state index is 0.168. The van der Waals surface area contributed by atoms with Gasteiger partial charge in [0.15, 0.2) is 0 Å². The van der Waals surface area contributed by atoms with E-state index in [0.717, 1.165) is 37.0 Å². The number of hydrogen-bond donors (Lipinski definition) is 1. The summed E-state index contributed by atoms with van der Waals surface area (Å²) in [7, 11) is 0. The first-order valence-corrected chi connectivity index (χ1v) is 11.7. The molecule has 1 heteroatoms. The summed E-state index contributed by atoms with van der Waals surface area (Å²) in [6.45, 7) is 11.5. The van der Waals surface area contributed by atoms with E-state index >= 15 is 0 Å². The van der Waals surface area contributed by atoms with E-state index in [0.29, 0.717) is 5.41 Å². The fraction of sp³-hybridized carbons (Fsp3) is 0.769. The molecule has 0 aromatic carbocycles. The lowest BCUT2D eigenvalue weighted by molar-refractivity contribution is 0.127. The molecule has 152 valence electrons. The van der Waals surface area contributed by atoms with Gasteiger partial charge in [-0.2, -0.15) is 0 Å². The molecule has 3 rings (SSSR count). The number of unbranched alkanes of at least 4 members (excludes halogenated alkanes) is 1. The Labute approximate surface area is 168 Å². The van der Waals surface area contributed by atoms with Crippen molar-refractivity contribution in [2.45, 2.75) is 104 Å². The second kappa shape index (κ2) is 9.12. The molecule has 27 heavy (non-hydrogen) atoms. The molecule has 1 nitrogen and oxygen atoms in total. The molecule has 4 atom stereocenters. The molecule has 0 radical (unpaired) electrons. The molecule has 3 aliphatic carbocycles. The summed E-state index contributed by atoms with van der Waals surface area (Å²) in [5.41, 5.74) is 4.75. The van der Waals surface area contributed by atoms with E-state index < -0.39 is 0 Å². The quantitative estimate of drug-likeness (QED) is 0.484. The van der Waals surface area contributed by atoms with Crippen LogP contribution in [-0.2, 0) is 0 Å². The number of fused-ring (bicyclic) bond motifs is 1. The Morgan fingerprint density at radius 1 is 1.15 bits per heavy atom. The number of hydrogen-bond acceptors (Lipinski definition) is 1. The van der Waals surface area contributed by atoms with Gasteiger partial charge in [0, 0.05) is 0 Å². The Balaban J connectivity index is 1.65. The van der Waals surface area contributed by atoms with E-state index in [-0.39, 0.29) is 6.10 Å². The Morgan fingerprint density at radius 3 is 2.74 bits per heavy atom. The van der Waals surface area contributed by atoms with Crippen molar-refractivity contribution in [2.24, 2.45) is 23.2 Å². The van der Waals surface area contributed by atoms with Crippen LogP contribution in [0.3, 0.4) is 0 Å². The van der Waals surface area contributed by atoms with Gasteiger partial charge in [0.05, 0.1) is 6.10 Å². The molecular formula is C26H42O. The van der Waals surface area contributed by atoms with Crippen molar-refractivity contribution in [1.82, 2.24) is 0 Å². The van der Waals surface area contributed by atoms with Gasteiger partial charge in [-0.3, -0.25) is 0 Å². The molecule has 1 unspecified atom stereocenters. The van der Waals surface area contributed by atoms with E-state index in [1.165, 1.54) is 68.9 Å². The molecule has 0 saturated heterocycles. The van der Waals surface area contributed by atoms with Crippen LogP contribution < -0.4 is 0 Å². The fourth-order valence-electron chi connectivity index (χ4n) is 6.16. The van der Waals surface area contributed by atoms with Crippen molar-refractivity contribution in [3.05, 3.63) is 35.5 Å². The molecule has 0 aromatic heterocycles. The van der Waals surface area contributed by atoms with Crippen molar-refractivity contribution in [3.63, 3.8) is 0 Å². The van der Waals surface area contributed by atoms with Gasteiger partial charge in [0.25, 0.3) is 0 Å². The predicted molar refractivity (Wildman–Crippen MR) is 117 cm³/mol. The second-order valence-corrected chi connectivity index (χ2v) is 10.3.